The number of carbonyl (C=O) groups excluding carboxylic acids is 1. The highest BCUT2D eigenvalue weighted by Crippen LogP contribution is 2.12. The quantitative estimate of drug-likeness (QED) is 0.620. The number of hydrogen-bond donors (Lipinski definition) is 2. The molecule has 3 rings (SSSR count). The lowest BCUT2D eigenvalue weighted by Crippen LogP contribution is -2.29. The molecule has 3 aromatic rings. The summed E-state index contributed by atoms with van der Waals surface area (Å²) in [4.78, 5) is 19.6. The number of nitrogens with zero attached hydrogens (tertiary/aromatic N) is 1. The summed E-state index contributed by atoms with van der Waals surface area (Å²) in [6.45, 7) is 2.75. The Morgan fingerprint density at radius 1 is 1.16 bits per heavy atom. The van der Waals surface area contributed by atoms with E-state index in [9.17, 15) is 4.79 Å². The zero-order valence-corrected chi connectivity index (χ0v) is 14.4. The summed E-state index contributed by atoms with van der Waals surface area (Å²) in [6, 6.07) is 15.8. The highest BCUT2D eigenvalue weighted by atomic mass is 16.5. The van der Waals surface area contributed by atoms with Gasteiger partial charge in [-0.25, -0.2) is 4.98 Å². The van der Waals surface area contributed by atoms with Gasteiger partial charge < -0.3 is 15.0 Å². The van der Waals surface area contributed by atoms with Gasteiger partial charge in [0, 0.05) is 13.0 Å². The summed E-state index contributed by atoms with van der Waals surface area (Å²) >= 11 is 0. The molecule has 2 N–H and O–H groups in total. The average molecular weight is 337 g/mol. The van der Waals surface area contributed by atoms with Gasteiger partial charge in [-0.05, 0) is 42.7 Å². The summed E-state index contributed by atoms with van der Waals surface area (Å²) in [7, 11) is 0. The fourth-order valence-electron chi connectivity index (χ4n) is 2.63. The molecule has 1 aromatic heterocycles. The third-order valence-electron chi connectivity index (χ3n) is 4.05. The van der Waals surface area contributed by atoms with E-state index < -0.39 is 0 Å². The van der Waals surface area contributed by atoms with E-state index in [2.05, 4.69) is 22.2 Å². The molecular formula is C20H23N3O2. The lowest BCUT2D eigenvalue weighted by atomic mass is 10.2. The first-order valence-corrected chi connectivity index (χ1v) is 8.66. The normalized spacial score (nSPS) is 10.8. The lowest BCUT2D eigenvalue weighted by molar-refractivity contribution is -0.123. The highest BCUT2D eigenvalue weighted by Gasteiger charge is 2.04. The van der Waals surface area contributed by atoms with Crippen molar-refractivity contribution in [1.29, 1.82) is 0 Å². The van der Waals surface area contributed by atoms with E-state index in [0.29, 0.717) is 6.54 Å². The van der Waals surface area contributed by atoms with Gasteiger partial charge in [0.25, 0.3) is 5.91 Å². The molecule has 0 fully saturated rings. The lowest BCUT2D eigenvalue weighted by Gasteiger charge is -2.07. The van der Waals surface area contributed by atoms with Crippen molar-refractivity contribution < 1.29 is 9.53 Å². The van der Waals surface area contributed by atoms with Crippen LogP contribution < -0.4 is 10.1 Å². The van der Waals surface area contributed by atoms with Crippen LogP contribution in [0.3, 0.4) is 0 Å². The molecule has 0 bridgehead atoms. The van der Waals surface area contributed by atoms with Crippen LogP contribution in [0.1, 0.15) is 24.7 Å². The predicted octanol–water partition coefficient (Wildman–Crippen LogP) is 3.25. The van der Waals surface area contributed by atoms with Gasteiger partial charge >= 0.3 is 0 Å². The van der Waals surface area contributed by atoms with E-state index in [1.54, 1.807) is 0 Å². The van der Waals surface area contributed by atoms with Crippen LogP contribution in [-0.2, 0) is 17.6 Å². The average Bonchev–Trinajstić information content (AvgIpc) is 3.07. The number of aromatic nitrogens is 2. The van der Waals surface area contributed by atoms with Gasteiger partial charge in [-0.1, -0.05) is 31.2 Å². The Balaban J connectivity index is 1.36. The molecule has 0 saturated heterocycles. The van der Waals surface area contributed by atoms with Crippen molar-refractivity contribution in [2.24, 2.45) is 0 Å². The van der Waals surface area contributed by atoms with Gasteiger partial charge in [-0.2, -0.15) is 0 Å². The van der Waals surface area contributed by atoms with E-state index in [1.807, 2.05) is 48.5 Å². The molecule has 5 heteroatoms. The van der Waals surface area contributed by atoms with Gasteiger partial charge in [-0.15, -0.1) is 0 Å². The maximum atomic E-state index is 11.8. The number of aromatic amines is 1. The van der Waals surface area contributed by atoms with Gasteiger partial charge in [-0.3, -0.25) is 4.79 Å². The first-order chi connectivity index (χ1) is 12.2. The molecule has 1 heterocycles. The number of hydrogen-bond acceptors (Lipinski definition) is 3. The van der Waals surface area contributed by atoms with E-state index in [-0.39, 0.29) is 12.5 Å². The Hall–Kier alpha value is -2.82. The van der Waals surface area contributed by atoms with Gasteiger partial charge in [0.2, 0.25) is 0 Å². The maximum absolute atomic E-state index is 11.8. The SMILES string of the molecule is CCc1ccc(OCC(=O)NCCCc2nc3ccccc3[nH]2)cc1. The molecule has 1 amide bonds. The second kappa shape index (κ2) is 8.33. The number of benzene rings is 2. The molecule has 0 spiro atoms. The molecule has 5 nitrogen and oxygen atoms in total. The van der Waals surface area contributed by atoms with Gasteiger partial charge in [0.1, 0.15) is 11.6 Å². The third-order valence-corrected chi connectivity index (χ3v) is 4.05. The first kappa shape index (κ1) is 17.0. The summed E-state index contributed by atoms with van der Waals surface area (Å²) < 4.78 is 5.49. The molecule has 0 radical (unpaired) electrons. The fourth-order valence-corrected chi connectivity index (χ4v) is 2.63. The first-order valence-electron chi connectivity index (χ1n) is 8.66. The molecule has 130 valence electrons. The van der Waals surface area contributed by atoms with Crippen LogP contribution in [0.15, 0.2) is 48.5 Å². The Kier molecular flexibility index (Phi) is 5.67. The highest BCUT2D eigenvalue weighted by molar-refractivity contribution is 5.77. The van der Waals surface area contributed by atoms with Crippen molar-refractivity contribution in [1.82, 2.24) is 15.3 Å². The van der Waals surface area contributed by atoms with E-state index in [1.165, 1.54) is 5.56 Å². The van der Waals surface area contributed by atoms with Crippen molar-refractivity contribution in [2.75, 3.05) is 13.2 Å². The number of para-hydroxylation sites is 2. The van der Waals surface area contributed by atoms with Crippen LogP contribution >= 0.6 is 0 Å². The largest absolute Gasteiger partial charge is 0.484 e. The van der Waals surface area contributed by atoms with E-state index in [0.717, 1.165) is 41.9 Å². The number of ether oxygens (including phenoxy) is 1. The molecule has 25 heavy (non-hydrogen) atoms. The number of H-pyrrole nitrogens is 1. The summed E-state index contributed by atoms with van der Waals surface area (Å²) in [6.07, 6.45) is 2.62. The van der Waals surface area contributed by atoms with Crippen molar-refractivity contribution in [2.45, 2.75) is 26.2 Å². The van der Waals surface area contributed by atoms with Crippen LogP contribution in [-0.4, -0.2) is 29.0 Å². The number of fused-ring (bicyclic) bond motifs is 1. The zero-order valence-electron chi connectivity index (χ0n) is 14.4. The summed E-state index contributed by atoms with van der Waals surface area (Å²) in [5.74, 6) is 1.56. The van der Waals surface area contributed by atoms with Crippen LogP contribution in [0.4, 0.5) is 0 Å². The second-order valence-electron chi connectivity index (χ2n) is 5.94. The number of rotatable bonds is 8. The second-order valence-corrected chi connectivity index (χ2v) is 5.94. The molecule has 2 aromatic carbocycles. The number of aryl methyl sites for hydroxylation is 2. The number of imidazole rings is 1. The molecule has 0 aliphatic rings. The summed E-state index contributed by atoms with van der Waals surface area (Å²) in [5.41, 5.74) is 3.27. The molecule has 0 unspecified atom stereocenters. The zero-order chi connectivity index (χ0) is 17.5. The Labute approximate surface area is 147 Å². The van der Waals surface area contributed by atoms with Gasteiger partial charge in [0.05, 0.1) is 11.0 Å². The minimum atomic E-state index is -0.107. The molecular weight excluding hydrogens is 314 g/mol. The maximum Gasteiger partial charge on any atom is 0.257 e. The number of carbonyl (C=O) groups is 1. The Morgan fingerprint density at radius 3 is 2.72 bits per heavy atom. The van der Waals surface area contributed by atoms with Crippen LogP contribution in [0.5, 0.6) is 5.75 Å². The Bertz CT molecular complexity index is 791. The Morgan fingerprint density at radius 2 is 1.96 bits per heavy atom. The third kappa shape index (κ3) is 4.83. The fraction of sp³-hybridized carbons (Fsp3) is 0.300. The van der Waals surface area contributed by atoms with Crippen molar-refractivity contribution in [3.63, 3.8) is 0 Å². The van der Waals surface area contributed by atoms with Crippen molar-refractivity contribution in [3.8, 4) is 5.75 Å². The van der Waals surface area contributed by atoms with E-state index in [4.69, 9.17) is 4.74 Å². The van der Waals surface area contributed by atoms with Crippen LogP contribution in [0, 0.1) is 0 Å². The summed E-state index contributed by atoms with van der Waals surface area (Å²) in [5, 5.41) is 2.87. The van der Waals surface area contributed by atoms with Gasteiger partial charge in [0.15, 0.2) is 6.61 Å². The van der Waals surface area contributed by atoms with Crippen LogP contribution in [0.2, 0.25) is 0 Å². The number of nitrogens with one attached hydrogen (secondary N) is 2. The van der Waals surface area contributed by atoms with Crippen molar-refractivity contribution in [3.05, 3.63) is 59.9 Å². The van der Waals surface area contributed by atoms with E-state index >= 15 is 0 Å². The molecule has 0 aliphatic carbocycles. The van der Waals surface area contributed by atoms with Crippen molar-refractivity contribution >= 4 is 16.9 Å². The molecule has 0 atom stereocenters. The number of amides is 1. The minimum absolute atomic E-state index is 0.0378. The molecule has 0 saturated carbocycles. The predicted molar refractivity (Wildman–Crippen MR) is 98.7 cm³/mol. The standard InChI is InChI=1S/C20H23N3O2/c1-2-15-9-11-16(12-10-15)25-14-20(24)21-13-5-8-19-22-17-6-3-4-7-18(17)23-19/h3-4,6-7,9-12H,2,5,8,13-14H2,1H3,(H,21,24)(H,22,23). The minimum Gasteiger partial charge on any atom is -0.484 e. The smallest absolute Gasteiger partial charge is 0.257 e. The molecule has 0 aliphatic heterocycles. The topological polar surface area (TPSA) is 67.0 Å². The monoisotopic (exact) mass is 337 g/mol. The van der Waals surface area contributed by atoms with Crippen LogP contribution in [0.25, 0.3) is 11.0 Å².